The first-order valence-electron chi connectivity index (χ1n) is 8.74. The molecule has 0 saturated carbocycles. The van der Waals surface area contributed by atoms with Crippen molar-refractivity contribution in [2.75, 3.05) is 17.3 Å². The summed E-state index contributed by atoms with van der Waals surface area (Å²) in [5.74, 6) is -0.0338. The van der Waals surface area contributed by atoms with Crippen LogP contribution in [-0.2, 0) is 9.59 Å². The van der Waals surface area contributed by atoms with Gasteiger partial charge < -0.3 is 10.1 Å². The summed E-state index contributed by atoms with van der Waals surface area (Å²) in [6, 6.07) is 18.3. The maximum atomic E-state index is 13.3. The summed E-state index contributed by atoms with van der Waals surface area (Å²) >= 11 is 1.43. The fraction of sp³-hybridized carbons (Fsp3) is 0.0909. The average Bonchev–Trinajstić information content (AvgIpc) is 3.30. The number of imide groups is 1. The molecule has 4 rings (SSSR count). The number of para-hydroxylation sites is 1. The van der Waals surface area contributed by atoms with Crippen molar-refractivity contribution < 1.29 is 14.3 Å². The molecule has 0 aliphatic carbocycles. The second kappa shape index (κ2) is 7.32. The molecule has 0 spiro atoms. The SMILES string of the molecule is COc1cccc(NC2=C(c3cccs3)C(=O)N(c3ccccc3C)C2=O)c1. The molecule has 2 aromatic carbocycles. The molecule has 5 nitrogen and oxygen atoms in total. The van der Waals surface area contributed by atoms with Crippen LogP contribution in [0.15, 0.2) is 71.7 Å². The van der Waals surface area contributed by atoms with Crippen molar-refractivity contribution in [3.63, 3.8) is 0 Å². The first kappa shape index (κ1) is 18.0. The van der Waals surface area contributed by atoms with Gasteiger partial charge >= 0.3 is 0 Å². The third-order valence-corrected chi connectivity index (χ3v) is 5.43. The van der Waals surface area contributed by atoms with E-state index >= 15 is 0 Å². The molecular formula is C22H18N2O3S. The van der Waals surface area contributed by atoms with Gasteiger partial charge in [0.25, 0.3) is 11.8 Å². The Morgan fingerprint density at radius 1 is 0.964 bits per heavy atom. The van der Waals surface area contributed by atoms with Crippen LogP contribution in [0.5, 0.6) is 5.75 Å². The van der Waals surface area contributed by atoms with Crippen molar-refractivity contribution in [3.8, 4) is 5.75 Å². The van der Waals surface area contributed by atoms with Crippen molar-refractivity contribution in [2.45, 2.75) is 6.92 Å². The molecule has 6 heteroatoms. The summed E-state index contributed by atoms with van der Waals surface area (Å²) in [5, 5.41) is 5.04. The number of aryl methyl sites for hydroxylation is 1. The molecule has 1 aliphatic rings. The van der Waals surface area contributed by atoms with Crippen molar-refractivity contribution in [1.82, 2.24) is 0 Å². The largest absolute Gasteiger partial charge is 0.497 e. The van der Waals surface area contributed by atoms with Gasteiger partial charge in [-0.05, 0) is 42.1 Å². The van der Waals surface area contributed by atoms with Crippen LogP contribution in [0.2, 0.25) is 0 Å². The molecule has 3 aromatic rings. The highest BCUT2D eigenvalue weighted by Crippen LogP contribution is 2.36. The molecule has 0 saturated heterocycles. The van der Waals surface area contributed by atoms with E-state index in [1.165, 1.54) is 16.2 Å². The van der Waals surface area contributed by atoms with E-state index in [0.29, 0.717) is 22.7 Å². The van der Waals surface area contributed by atoms with Gasteiger partial charge in [-0.1, -0.05) is 30.3 Å². The van der Waals surface area contributed by atoms with E-state index in [9.17, 15) is 9.59 Å². The smallest absolute Gasteiger partial charge is 0.282 e. The highest BCUT2D eigenvalue weighted by Gasteiger charge is 2.41. The molecule has 0 bridgehead atoms. The summed E-state index contributed by atoms with van der Waals surface area (Å²) < 4.78 is 5.26. The summed E-state index contributed by atoms with van der Waals surface area (Å²) in [7, 11) is 1.58. The maximum Gasteiger partial charge on any atom is 0.282 e. The molecular weight excluding hydrogens is 372 g/mol. The Labute approximate surface area is 166 Å². The van der Waals surface area contributed by atoms with Gasteiger partial charge in [-0.3, -0.25) is 9.59 Å². The van der Waals surface area contributed by atoms with Crippen LogP contribution in [0.1, 0.15) is 10.4 Å². The predicted octanol–water partition coefficient (Wildman–Crippen LogP) is 4.46. The minimum absolute atomic E-state index is 0.268. The number of anilines is 2. The summed E-state index contributed by atoms with van der Waals surface area (Å²) in [4.78, 5) is 28.6. The van der Waals surface area contributed by atoms with Crippen LogP contribution >= 0.6 is 11.3 Å². The summed E-state index contributed by atoms with van der Waals surface area (Å²) in [6.07, 6.45) is 0. The third kappa shape index (κ3) is 3.08. The Bertz CT molecular complexity index is 1090. The van der Waals surface area contributed by atoms with Crippen molar-refractivity contribution in [1.29, 1.82) is 0 Å². The van der Waals surface area contributed by atoms with E-state index in [2.05, 4.69) is 5.32 Å². The highest BCUT2D eigenvalue weighted by atomic mass is 32.1. The number of amides is 2. The predicted molar refractivity (Wildman–Crippen MR) is 112 cm³/mol. The van der Waals surface area contributed by atoms with Gasteiger partial charge in [-0.25, -0.2) is 4.90 Å². The van der Waals surface area contributed by atoms with Gasteiger partial charge in [0.05, 0.1) is 18.4 Å². The Hall–Kier alpha value is -3.38. The van der Waals surface area contributed by atoms with Crippen LogP contribution in [0.3, 0.4) is 0 Å². The normalized spacial score (nSPS) is 14.0. The molecule has 1 aliphatic heterocycles. The topological polar surface area (TPSA) is 58.6 Å². The van der Waals surface area contributed by atoms with Gasteiger partial charge in [-0.15, -0.1) is 11.3 Å². The summed E-state index contributed by atoms with van der Waals surface area (Å²) in [6.45, 7) is 1.88. The molecule has 1 N–H and O–H groups in total. The lowest BCUT2D eigenvalue weighted by Gasteiger charge is -2.17. The second-order valence-electron chi connectivity index (χ2n) is 6.32. The van der Waals surface area contributed by atoms with Gasteiger partial charge in [-0.2, -0.15) is 0 Å². The van der Waals surface area contributed by atoms with Crippen LogP contribution < -0.4 is 15.0 Å². The number of rotatable bonds is 5. The minimum atomic E-state index is -0.370. The monoisotopic (exact) mass is 390 g/mol. The lowest BCUT2D eigenvalue weighted by molar-refractivity contribution is -0.120. The van der Waals surface area contributed by atoms with Crippen molar-refractivity contribution in [2.24, 2.45) is 0 Å². The zero-order valence-corrected chi connectivity index (χ0v) is 16.2. The second-order valence-corrected chi connectivity index (χ2v) is 7.26. The van der Waals surface area contributed by atoms with E-state index in [0.717, 1.165) is 10.4 Å². The molecule has 28 heavy (non-hydrogen) atoms. The number of nitrogens with zero attached hydrogens (tertiary/aromatic N) is 1. The van der Waals surface area contributed by atoms with E-state index < -0.39 is 0 Å². The Balaban J connectivity index is 1.81. The Morgan fingerprint density at radius 3 is 2.50 bits per heavy atom. The average molecular weight is 390 g/mol. The van der Waals surface area contributed by atoms with Gasteiger partial charge in [0.2, 0.25) is 0 Å². The fourth-order valence-electron chi connectivity index (χ4n) is 3.17. The van der Waals surface area contributed by atoms with E-state index in [1.54, 1.807) is 19.2 Å². The zero-order chi connectivity index (χ0) is 19.7. The Morgan fingerprint density at radius 2 is 1.79 bits per heavy atom. The number of hydrogen-bond donors (Lipinski definition) is 1. The van der Waals surface area contributed by atoms with E-state index in [-0.39, 0.29) is 17.5 Å². The number of hydrogen-bond acceptors (Lipinski definition) is 5. The number of ether oxygens (including phenoxy) is 1. The first-order valence-corrected chi connectivity index (χ1v) is 9.61. The van der Waals surface area contributed by atoms with E-state index in [1.807, 2.05) is 60.8 Å². The molecule has 0 fully saturated rings. The lowest BCUT2D eigenvalue weighted by atomic mass is 10.1. The molecule has 2 heterocycles. The van der Waals surface area contributed by atoms with Crippen molar-refractivity contribution >= 4 is 40.1 Å². The number of benzene rings is 2. The molecule has 0 radical (unpaired) electrons. The number of carbonyl (C=O) groups is 2. The lowest BCUT2D eigenvalue weighted by Crippen LogP contribution is -2.32. The van der Waals surface area contributed by atoms with Crippen LogP contribution in [-0.4, -0.2) is 18.9 Å². The van der Waals surface area contributed by atoms with Crippen molar-refractivity contribution in [3.05, 3.63) is 82.2 Å². The van der Waals surface area contributed by atoms with Gasteiger partial charge in [0, 0.05) is 16.6 Å². The van der Waals surface area contributed by atoms with Crippen LogP contribution in [0.4, 0.5) is 11.4 Å². The number of carbonyl (C=O) groups excluding carboxylic acids is 2. The van der Waals surface area contributed by atoms with Gasteiger partial charge in [0.1, 0.15) is 11.4 Å². The molecule has 2 amide bonds. The van der Waals surface area contributed by atoms with Gasteiger partial charge in [0.15, 0.2) is 0 Å². The quantitative estimate of drug-likeness (QED) is 0.654. The number of methoxy groups -OCH3 is 1. The standard InChI is InChI=1S/C22H18N2O3S/c1-14-7-3-4-10-17(14)24-21(25)19(18-11-6-12-28-18)20(22(24)26)23-15-8-5-9-16(13-15)27-2/h3-13,23H,1-2H3. The Kier molecular flexibility index (Phi) is 4.71. The molecule has 0 atom stereocenters. The van der Waals surface area contributed by atoms with Crippen LogP contribution in [0, 0.1) is 6.92 Å². The fourth-order valence-corrected chi connectivity index (χ4v) is 3.94. The zero-order valence-electron chi connectivity index (χ0n) is 15.4. The van der Waals surface area contributed by atoms with Crippen LogP contribution in [0.25, 0.3) is 5.57 Å². The summed E-state index contributed by atoms with van der Waals surface area (Å²) in [5.41, 5.74) is 2.78. The minimum Gasteiger partial charge on any atom is -0.497 e. The first-order chi connectivity index (χ1) is 13.6. The number of nitrogens with one attached hydrogen (secondary N) is 1. The number of thiophene rings is 1. The molecule has 1 aromatic heterocycles. The molecule has 140 valence electrons. The highest BCUT2D eigenvalue weighted by molar-refractivity contribution is 7.11. The third-order valence-electron chi connectivity index (χ3n) is 4.55. The van der Waals surface area contributed by atoms with E-state index in [4.69, 9.17) is 4.74 Å². The maximum absolute atomic E-state index is 13.3. The molecule has 0 unspecified atom stereocenters.